The van der Waals surface area contributed by atoms with Crippen LogP contribution in [0.1, 0.15) is 55.8 Å². The summed E-state index contributed by atoms with van der Waals surface area (Å²) in [4.78, 5) is 22.8. The predicted molar refractivity (Wildman–Crippen MR) is 79.5 cm³/mol. The van der Waals surface area contributed by atoms with Gasteiger partial charge in [-0.2, -0.15) is 0 Å². The number of epoxide rings is 1. The van der Waals surface area contributed by atoms with E-state index in [1.807, 2.05) is 0 Å². The molecule has 0 radical (unpaired) electrons. The van der Waals surface area contributed by atoms with Crippen LogP contribution in [-0.2, 0) is 9.53 Å². The van der Waals surface area contributed by atoms with Gasteiger partial charge in [0.2, 0.25) is 0 Å². The fourth-order valence-corrected chi connectivity index (χ4v) is 2.36. The zero-order chi connectivity index (χ0) is 15.1. The zero-order valence-corrected chi connectivity index (χ0v) is 12.4. The summed E-state index contributed by atoms with van der Waals surface area (Å²) in [6.45, 7) is 2.19. The number of esters is 1. The minimum atomic E-state index is -0.462. The molecular weight excluding hydrogens is 268 g/mol. The van der Waals surface area contributed by atoms with Crippen LogP contribution in [0, 0.1) is 0 Å². The molecule has 1 aromatic rings. The molecule has 0 saturated carbocycles. The topological polar surface area (TPSA) is 55.9 Å². The van der Waals surface area contributed by atoms with E-state index >= 15 is 0 Å². The van der Waals surface area contributed by atoms with Crippen molar-refractivity contribution in [1.82, 2.24) is 0 Å². The van der Waals surface area contributed by atoms with E-state index in [0.29, 0.717) is 17.6 Å². The van der Waals surface area contributed by atoms with E-state index in [9.17, 15) is 9.59 Å². The molecule has 1 aliphatic heterocycles. The number of carbonyl (C=O) groups excluding carboxylic acids is 2. The molecule has 0 aromatic heterocycles. The quantitative estimate of drug-likeness (QED) is 0.229. The molecule has 1 heterocycles. The maximum Gasteiger partial charge on any atom is 0.343 e. The second-order valence-electron chi connectivity index (χ2n) is 5.37. The second-order valence-corrected chi connectivity index (χ2v) is 5.37. The Labute approximate surface area is 125 Å². The van der Waals surface area contributed by atoms with E-state index in [-0.39, 0.29) is 6.10 Å². The van der Waals surface area contributed by atoms with Gasteiger partial charge in [-0.15, -0.1) is 0 Å². The van der Waals surface area contributed by atoms with Gasteiger partial charge in [0, 0.05) is 0 Å². The van der Waals surface area contributed by atoms with Gasteiger partial charge >= 0.3 is 5.97 Å². The van der Waals surface area contributed by atoms with Crippen LogP contribution in [0.2, 0.25) is 0 Å². The van der Waals surface area contributed by atoms with Crippen molar-refractivity contribution in [2.45, 2.75) is 57.7 Å². The number of rotatable bonds is 9. The molecule has 2 rings (SSSR count). The molecule has 0 unspecified atom stereocenters. The van der Waals surface area contributed by atoms with Gasteiger partial charge in [0.15, 0.2) is 12.4 Å². The lowest BCUT2D eigenvalue weighted by Crippen LogP contribution is -2.18. The van der Waals surface area contributed by atoms with Crippen LogP contribution in [0.25, 0.3) is 0 Å². The molecule has 0 bridgehead atoms. The molecule has 4 heteroatoms. The lowest BCUT2D eigenvalue weighted by atomic mass is 10.1. The number of hydrogen-bond acceptors (Lipinski definition) is 4. The Morgan fingerprint density at radius 2 is 2.00 bits per heavy atom. The fourth-order valence-electron chi connectivity index (χ4n) is 2.36. The fraction of sp³-hybridized carbons (Fsp3) is 0.529. The molecular formula is C17H22O4. The van der Waals surface area contributed by atoms with E-state index in [4.69, 9.17) is 9.47 Å². The van der Waals surface area contributed by atoms with Crippen molar-refractivity contribution in [1.29, 1.82) is 0 Å². The highest BCUT2D eigenvalue weighted by atomic mass is 16.6. The van der Waals surface area contributed by atoms with Crippen LogP contribution in [0.4, 0.5) is 0 Å². The molecule has 1 saturated heterocycles. The molecule has 0 N–H and O–H groups in total. The molecule has 2 atom stereocenters. The molecule has 1 aliphatic rings. The first kappa shape index (κ1) is 15.7. The molecule has 0 amide bonds. The minimum absolute atomic E-state index is 0.0116. The van der Waals surface area contributed by atoms with E-state index in [1.165, 1.54) is 25.7 Å². The first-order valence-electron chi connectivity index (χ1n) is 7.67. The summed E-state index contributed by atoms with van der Waals surface area (Å²) in [5.41, 5.74) is 0.377. The van der Waals surface area contributed by atoms with Crippen molar-refractivity contribution < 1.29 is 19.1 Å². The second kappa shape index (κ2) is 7.93. The maximum atomic E-state index is 11.9. The largest absolute Gasteiger partial charge is 0.424 e. The Morgan fingerprint density at radius 1 is 1.24 bits per heavy atom. The van der Waals surface area contributed by atoms with Gasteiger partial charge in [-0.3, -0.25) is 4.79 Å². The first-order valence-corrected chi connectivity index (χ1v) is 7.67. The van der Waals surface area contributed by atoms with Crippen molar-refractivity contribution in [3.8, 4) is 5.75 Å². The van der Waals surface area contributed by atoms with Gasteiger partial charge in [0.25, 0.3) is 0 Å². The summed E-state index contributed by atoms with van der Waals surface area (Å²) in [6.07, 6.45) is 7.11. The Balaban J connectivity index is 1.72. The highest BCUT2D eigenvalue weighted by Gasteiger charge is 2.45. The predicted octanol–water partition coefficient (Wildman–Crippen LogP) is 3.53. The zero-order valence-electron chi connectivity index (χ0n) is 12.4. The van der Waals surface area contributed by atoms with Crippen molar-refractivity contribution in [2.24, 2.45) is 0 Å². The van der Waals surface area contributed by atoms with E-state index < -0.39 is 12.1 Å². The summed E-state index contributed by atoms with van der Waals surface area (Å²) in [6, 6.07) is 6.70. The molecule has 4 nitrogen and oxygen atoms in total. The summed E-state index contributed by atoms with van der Waals surface area (Å²) in [5.74, 6) is -0.0995. The Hall–Kier alpha value is -1.68. The lowest BCUT2D eigenvalue weighted by Gasteiger charge is -2.04. The van der Waals surface area contributed by atoms with Gasteiger partial charge in [-0.05, 0) is 18.6 Å². The maximum absolute atomic E-state index is 11.9. The molecule has 0 aliphatic carbocycles. The smallest absolute Gasteiger partial charge is 0.343 e. The summed E-state index contributed by atoms with van der Waals surface area (Å²) in [5, 5.41) is 0. The van der Waals surface area contributed by atoms with E-state index in [2.05, 4.69) is 6.92 Å². The number of para-hydroxylation sites is 1. The summed E-state index contributed by atoms with van der Waals surface area (Å²) >= 11 is 0. The Bertz CT molecular complexity index is 483. The monoisotopic (exact) mass is 290 g/mol. The average Bonchev–Trinajstić information content (AvgIpc) is 3.27. The van der Waals surface area contributed by atoms with E-state index in [1.54, 1.807) is 24.3 Å². The third kappa shape index (κ3) is 4.67. The number of aldehydes is 1. The van der Waals surface area contributed by atoms with Crippen molar-refractivity contribution in [2.75, 3.05) is 0 Å². The first-order chi connectivity index (χ1) is 10.3. The number of ether oxygens (including phenoxy) is 2. The van der Waals surface area contributed by atoms with Gasteiger partial charge < -0.3 is 9.47 Å². The lowest BCUT2D eigenvalue weighted by molar-refractivity contribution is -0.135. The van der Waals surface area contributed by atoms with Crippen molar-refractivity contribution >= 4 is 12.3 Å². The Kier molecular flexibility index (Phi) is 5.93. The van der Waals surface area contributed by atoms with Crippen LogP contribution >= 0.6 is 0 Å². The molecule has 1 aromatic carbocycles. The third-order valence-corrected chi connectivity index (χ3v) is 3.66. The standard InChI is InChI=1S/C17H22O4/c1-2-3-4-5-6-11-15-16(20-15)17(19)21-14-10-8-7-9-13(14)12-18/h7-10,12,15-16H,2-6,11H2,1H3/t15-,16+/m1/s1. The van der Waals surface area contributed by atoms with E-state index in [0.717, 1.165) is 12.8 Å². The molecule has 21 heavy (non-hydrogen) atoms. The van der Waals surface area contributed by atoms with Crippen LogP contribution in [-0.4, -0.2) is 24.5 Å². The highest BCUT2D eigenvalue weighted by molar-refractivity contribution is 5.85. The number of benzene rings is 1. The van der Waals surface area contributed by atoms with Gasteiger partial charge in [0.05, 0.1) is 11.7 Å². The van der Waals surface area contributed by atoms with Crippen LogP contribution in [0.3, 0.4) is 0 Å². The molecule has 1 fully saturated rings. The van der Waals surface area contributed by atoms with Crippen LogP contribution < -0.4 is 4.74 Å². The average molecular weight is 290 g/mol. The third-order valence-electron chi connectivity index (χ3n) is 3.66. The van der Waals surface area contributed by atoms with Crippen molar-refractivity contribution in [3.05, 3.63) is 29.8 Å². The van der Waals surface area contributed by atoms with Crippen molar-refractivity contribution in [3.63, 3.8) is 0 Å². The number of unbranched alkanes of at least 4 members (excludes halogenated alkanes) is 4. The number of carbonyl (C=O) groups is 2. The van der Waals surface area contributed by atoms with Gasteiger partial charge in [0.1, 0.15) is 5.75 Å². The minimum Gasteiger partial charge on any atom is -0.424 e. The number of hydrogen-bond donors (Lipinski definition) is 0. The summed E-state index contributed by atoms with van der Waals surface area (Å²) in [7, 11) is 0. The van der Waals surface area contributed by atoms with Gasteiger partial charge in [-0.25, -0.2) is 4.79 Å². The summed E-state index contributed by atoms with van der Waals surface area (Å²) < 4.78 is 10.6. The Morgan fingerprint density at radius 3 is 2.76 bits per heavy atom. The van der Waals surface area contributed by atoms with Crippen LogP contribution in [0.15, 0.2) is 24.3 Å². The molecule has 114 valence electrons. The highest BCUT2D eigenvalue weighted by Crippen LogP contribution is 2.29. The van der Waals surface area contributed by atoms with Crippen LogP contribution in [0.5, 0.6) is 5.75 Å². The molecule has 0 spiro atoms. The normalized spacial score (nSPS) is 20.0. The van der Waals surface area contributed by atoms with Gasteiger partial charge in [-0.1, -0.05) is 51.2 Å². The SMILES string of the molecule is CCCCCCC[C@H]1O[C@@H]1C(=O)Oc1ccccc1C=O.